The molecular weight excluding hydrogens is 440 g/mol. The average molecular weight is 475 g/mol. The minimum absolute atomic E-state index is 0.0133. The third kappa shape index (κ3) is 5.48. The summed E-state index contributed by atoms with van der Waals surface area (Å²) in [4.78, 5) is 12.0. The molecular formula is C24H35ClN6O2. The summed E-state index contributed by atoms with van der Waals surface area (Å²) in [6.45, 7) is 6.96. The molecule has 2 aromatic rings. The number of hydrogen-bond donors (Lipinski definition) is 3. The van der Waals surface area contributed by atoms with E-state index in [-0.39, 0.29) is 23.4 Å². The molecule has 0 aromatic carbocycles. The summed E-state index contributed by atoms with van der Waals surface area (Å²) >= 11 is 6.52. The molecule has 2 fully saturated rings. The van der Waals surface area contributed by atoms with Crippen molar-refractivity contribution in [3.05, 3.63) is 53.1 Å². The molecule has 0 aliphatic carbocycles. The predicted molar refractivity (Wildman–Crippen MR) is 129 cm³/mol. The van der Waals surface area contributed by atoms with Crippen molar-refractivity contribution in [2.45, 2.75) is 63.0 Å². The second kappa shape index (κ2) is 10.6. The van der Waals surface area contributed by atoms with Crippen molar-refractivity contribution in [2.24, 2.45) is 5.73 Å². The average Bonchev–Trinajstić information content (AvgIpc) is 2.81. The first-order valence-corrected chi connectivity index (χ1v) is 12.0. The van der Waals surface area contributed by atoms with Gasteiger partial charge in [-0.1, -0.05) is 6.07 Å². The van der Waals surface area contributed by atoms with Crippen molar-refractivity contribution >= 4 is 11.6 Å². The lowest BCUT2D eigenvalue weighted by Gasteiger charge is -2.46. The van der Waals surface area contributed by atoms with Gasteiger partial charge in [-0.25, -0.2) is 0 Å². The Kier molecular flexibility index (Phi) is 7.83. The summed E-state index contributed by atoms with van der Waals surface area (Å²) in [5.41, 5.74) is 10.1. The number of alkyl halides is 1. The SMILES string of the molecule is COc1c(C)cnc(CN(CC2(c3ccccn3)CCOCC2)C2CC(Cl)NC(N)N2)c1C. The lowest BCUT2D eigenvalue weighted by molar-refractivity contribution is 0.00958. The van der Waals surface area contributed by atoms with Crippen LogP contribution in [0.3, 0.4) is 0 Å². The minimum Gasteiger partial charge on any atom is -0.496 e. The first kappa shape index (κ1) is 24.3. The van der Waals surface area contributed by atoms with Gasteiger partial charge < -0.3 is 15.2 Å². The van der Waals surface area contributed by atoms with Crippen LogP contribution >= 0.6 is 11.6 Å². The van der Waals surface area contributed by atoms with Crippen molar-refractivity contribution < 1.29 is 9.47 Å². The van der Waals surface area contributed by atoms with E-state index in [2.05, 4.69) is 34.6 Å². The molecule has 0 radical (unpaired) electrons. The summed E-state index contributed by atoms with van der Waals surface area (Å²) in [7, 11) is 1.71. The third-order valence-corrected chi connectivity index (χ3v) is 7.17. The molecule has 2 aliphatic rings. The monoisotopic (exact) mass is 474 g/mol. The zero-order valence-corrected chi connectivity index (χ0v) is 20.4. The van der Waals surface area contributed by atoms with Gasteiger partial charge >= 0.3 is 0 Å². The molecule has 8 nitrogen and oxygen atoms in total. The van der Waals surface area contributed by atoms with Gasteiger partial charge in [0.05, 0.1) is 24.5 Å². The summed E-state index contributed by atoms with van der Waals surface area (Å²) in [5.74, 6) is 0.885. The zero-order valence-electron chi connectivity index (χ0n) is 19.7. The molecule has 2 aliphatic heterocycles. The number of methoxy groups -OCH3 is 1. The van der Waals surface area contributed by atoms with Crippen LogP contribution in [0.5, 0.6) is 5.75 Å². The van der Waals surface area contributed by atoms with Crippen LogP contribution in [0.2, 0.25) is 0 Å². The van der Waals surface area contributed by atoms with Gasteiger partial charge in [-0.2, -0.15) is 0 Å². The Morgan fingerprint density at radius 2 is 2.03 bits per heavy atom. The second-order valence-corrected chi connectivity index (χ2v) is 9.62. The summed E-state index contributed by atoms with van der Waals surface area (Å²) in [6, 6.07) is 6.16. The quantitative estimate of drug-likeness (QED) is 0.415. The summed E-state index contributed by atoms with van der Waals surface area (Å²) in [6.07, 6.45) is 5.90. The van der Waals surface area contributed by atoms with E-state index in [1.807, 2.05) is 25.4 Å². The van der Waals surface area contributed by atoms with E-state index in [0.717, 1.165) is 60.9 Å². The highest BCUT2D eigenvalue weighted by Gasteiger charge is 2.40. The number of halogens is 1. The van der Waals surface area contributed by atoms with Crippen molar-refractivity contribution in [1.82, 2.24) is 25.5 Å². The van der Waals surface area contributed by atoms with E-state index in [1.165, 1.54) is 0 Å². The van der Waals surface area contributed by atoms with Crippen LogP contribution in [0, 0.1) is 13.8 Å². The van der Waals surface area contributed by atoms with Crippen LogP contribution in [0.15, 0.2) is 30.6 Å². The standard InChI is InChI=1S/C24H35ClN6O2/c1-16-13-28-18(17(2)22(16)32-3)14-31(21-12-20(25)29-23(26)30-21)15-24(7-10-33-11-8-24)19-6-4-5-9-27-19/h4-6,9,13,20-21,23,29-30H,7-8,10-12,14-15,26H2,1-3H3. The Morgan fingerprint density at radius 3 is 2.70 bits per heavy atom. The number of aromatic nitrogens is 2. The van der Waals surface area contributed by atoms with E-state index in [4.69, 9.17) is 36.8 Å². The number of nitrogens with zero attached hydrogens (tertiary/aromatic N) is 3. The molecule has 0 bridgehead atoms. The molecule has 2 saturated heterocycles. The fourth-order valence-corrected chi connectivity index (χ4v) is 5.36. The molecule has 4 N–H and O–H groups in total. The van der Waals surface area contributed by atoms with Crippen LogP contribution < -0.4 is 21.1 Å². The number of hydrogen-bond acceptors (Lipinski definition) is 8. The molecule has 180 valence electrons. The molecule has 0 amide bonds. The fourth-order valence-electron chi connectivity index (χ4n) is 5.06. The molecule has 9 heteroatoms. The van der Waals surface area contributed by atoms with E-state index in [9.17, 15) is 0 Å². The van der Waals surface area contributed by atoms with E-state index in [1.54, 1.807) is 7.11 Å². The van der Waals surface area contributed by atoms with Crippen LogP contribution in [-0.2, 0) is 16.7 Å². The van der Waals surface area contributed by atoms with Gasteiger partial charge in [-0.15, -0.1) is 11.6 Å². The summed E-state index contributed by atoms with van der Waals surface area (Å²) < 4.78 is 11.4. The number of aryl methyl sites for hydroxylation is 1. The van der Waals surface area contributed by atoms with E-state index >= 15 is 0 Å². The second-order valence-electron chi connectivity index (χ2n) is 9.09. The minimum atomic E-state index is -0.379. The molecule has 4 heterocycles. The van der Waals surface area contributed by atoms with Gasteiger partial charge in [-0.3, -0.25) is 25.5 Å². The first-order valence-electron chi connectivity index (χ1n) is 11.6. The molecule has 2 aromatic heterocycles. The number of ether oxygens (including phenoxy) is 2. The maximum absolute atomic E-state index is 6.52. The third-order valence-electron chi connectivity index (χ3n) is 6.87. The number of nitrogens with one attached hydrogen (secondary N) is 2. The Bertz CT molecular complexity index is 915. The Balaban J connectivity index is 1.69. The summed E-state index contributed by atoms with van der Waals surface area (Å²) in [5, 5.41) is 6.63. The lowest BCUT2D eigenvalue weighted by Crippen LogP contribution is -2.66. The molecule has 3 atom stereocenters. The normalized spacial score (nSPS) is 25.2. The Morgan fingerprint density at radius 1 is 1.24 bits per heavy atom. The lowest BCUT2D eigenvalue weighted by atomic mass is 9.76. The Hall–Kier alpha value is -1.81. The zero-order chi connectivity index (χ0) is 23.4. The number of nitrogens with two attached hydrogens (primary N) is 1. The Labute approximate surface area is 201 Å². The van der Waals surface area contributed by atoms with Crippen LogP contribution in [-0.4, -0.2) is 59.7 Å². The van der Waals surface area contributed by atoms with Crippen molar-refractivity contribution in [1.29, 1.82) is 0 Å². The maximum atomic E-state index is 6.52. The molecule has 0 saturated carbocycles. The molecule has 4 rings (SSSR count). The van der Waals surface area contributed by atoms with E-state index < -0.39 is 0 Å². The number of pyridine rings is 2. The molecule has 3 unspecified atom stereocenters. The first-order chi connectivity index (χ1) is 15.9. The highest BCUT2D eigenvalue weighted by atomic mass is 35.5. The van der Waals surface area contributed by atoms with Gasteiger partial charge in [0, 0.05) is 67.4 Å². The van der Waals surface area contributed by atoms with Crippen LogP contribution in [0.4, 0.5) is 0 Å². The van der Waals surface area contributed by atoms with E-state index in [0.29, 0.717) is 13.0 Å². The smallest absolute Gasteiger partial charge is 0.128 e. The van der Waals surface area contributed by atoms with Crippen molar-refractivity contribution in [3.63, 3.8) is 0 Å². The molecule has 33 heavy (non-hydrogen) atoms. The van der Waals surface area contributed by atoms with Gasteiger partial charge in [-0.05, 0) is 38.8 Å². The fraction of sp³-hybridized carbons (Fsp3) is 0.583. The van der Waals surface area contributed by atoms with Gasteiger partial charge in [0.15, 0.2) is 0 Å². The highest BCUT2D eigenvalue weighted by Crippen LogP contribution is 2.36. The topological polar surface area (TPSA) is 97.6 Å². The van der Waals surface area contributed by atoms with Crippen LogP contribution in [0.1, 0.15) is 41.8 Å². The highest BCUT2D eigenvalue weighted by molar-refractivity contribution is 6.20. The van der Waals surface area contributed by atoms with Crippen molar-refractivity contribution in [2.75, 3.05) is 26.9 Å². The largest absolute Gasteiger partial charge is 0.496 e. The van der Waals surface area contributed by atoms with Gasteiger partial charge in [0.25, 0.3) is 0 Å². The predicted octanol–water partition coefficient (Wildman–Crippen LogP) is 2.37. The van der Waals surface area contributed by atoms with Crippen LogP contribution in [0.25, 0.3) is 0 Å². The number of rotatable bonds is 7. The van der Waals surface area contributed by atoms with Gasteiger partial charge in [0.1, 0.15) is 12.0 Å². The molecule has 0 spiro atoms. The van der Waals surface area contributed by atoms with Crippen molar-refractivity contribution in [3.8, 4) is 5.75 Å². The van der Waals surface area contributed by atoms with Gasteiger partial charge in [0.2, 0.25) is 0 Å². The maximum Gasteiger partial charge on any atom is 0.128 e.